The third-order valence-electron chi connectivity index (χ3n) is 3.25. The van der Waals surface area contributed by atoms with Crippen molar-refractivity contribution in [3.63, 3.8) is 0 Å². The fourth-order valence-corrected chi connectivity index (χ4v) is 2.22. The van der Waals surface area contributed by atoms with E-state index in [1.165, 1.54) is 12.8 Å². The van der Waals surface area contributed by atoms with Crippen LogP contribution in [0.5, 0.6) is 0 Å². The van der Waals surface area contributed by atoms with E-state index < -0.39 is 0 Å². The van der Waals surface area contributed by atoms with E-state index in [1.807, 2.05) is 6.20 Å². The van der Waals surface area contributed by atoms with Crippen molar-refractivity contribution >= 4 is 5.69 Å². The van der Waals surface area contributed by atoms with E-state index in [2.05, 4.69) is 39.6 Å². The molecule has 1 aliphatic heterocycles. The molecule has 0 bridgehead atoms. The third-order valence-corrected chi connectivity index (χ3v) is 3.25. The number of hydrogen-bond acceptors (Lipinski definition) is 3. The Balaban J connectivity index is 1.60. The van der Waals surface area contributed by atoms with Crippen LogP contribution in [0.2, 0.25) is 0 Å². The number of aromatic nitrogens is 2. The van der Waals surface area contributed by atoms with Crippen molar-refractivity contribution in [3.8, 4) is 11.3 Å². The maximum atomic E-state index is 5.58. The zero-order valence-corrected chi connectivity index (χ0v) is 10.2. The second-order valence-electron chi connectivity index (χ2n) is 4.56. The summed E-state index contributed by atoms with van der Waals surface area (Å²) in [7, 11) is 0. The topological polar surface area (TPSA) is 49.9 Å². The quantitative estimate of drug-likeness (QED) is 0.868. The minimum Gasteiger partial charge on any atom is -0.382 e. The fourth-order valence-electron chi connectivity index (χ4n) is 2.22. The molecule has 1 aromatic heterocycles. The number of H-pyrrole nitrogens is 1. The van der Waals surface area contributed by atoms with Gasteiger partial charge in [0, 0.05) is 18.8 Å². The molecule has 94 valence electrons. The van der Waals surface area contributed by atoms with Crippen LogP contribution in [0, 0.1) is 0 Å². The molecular weight excluding hydrogens is 226 g/mol. The van der Waals surface area contributed by atoms with E-state index in [0.717, 1.165) is 30.1 Å². The summed E-state index contributed by atoms with van der Waals surface area (Å²) in [5, 5.41) is 3.41. The Morgan fingerprint density at radius 1 is 1.33 bits per heavy atom. The van der Waals surface area contributed by atoms with Gasteiger partial charge in [-0.25, -0.2) is 4.98 Å². The summed E-state index contributed by atoms with van der Waals surface area (Å²) in [5.74, 6) is 0. The summed E-state index contributed by atoms with van der Waals surface area (Å²) in [4.78, 5) is 7.12. The average Bonchev–Trinajstić information content (AvgIpc) is 3.10. The minimum atomic E-state index is 0.372. The minimum absolute atomic E-state index is 0.372. The van der Waals surface area contributed by atoms with Crippen molar-refractivity contribution in [1.82, 2.24) is 9.97 Å². The normalized spacial score (nSPS) is 19.0. The van der Waals surface area contributed by atoms with E-state index >= 15 is 0 Å². The van der Waals surface area contributed by atoms with E-state index in [1.54, 1.807) is 6.33 Å². The molecule has 3 rings (SSSR count). The molecule has 1 unspecified atom stereocenters. The number of hydrogen-bond donors (Lipinski definition) is 2. The summed E-state index contributed by atoms with van der Waals surface area (Å²) in [5.41, 5.74) is 3.32. The second-order valence-corrected chi connectivity index (χ2v) is 4.56. The molecule has 1 aliphatic rings. The molecule has 1 atom stereocenters. The van der Waals surface area contributed by atoms with Gasteiger partial charge in [0.2, 0.25) is 0 Å². The van der Waals surface area contributed by atoms with Crippen molar-refractivity contribution in [2.45, 2.75) is 18.9 Å². The van der Waals surface area contributed by atoms with Crippen molar-refractivity contribution in [2.75, 3.05) is 18.5 Å². The highest BCUT2D eigenvalue weighted by atomic mass is 16.5. The third kappa shape index (κ3) is 2.54. The SMILES string of the molecule is c1ncc(-c2ccc(NCC3CCCO3)cc2)[nH]1. The molecule has 0 spiro atoms. The molecule has 4 nitrogen and oxygen atoms in total. The van der Waals surface area contributed by atoms with Gasteiger partial charge in [0.25, 0.3) is 0 Å². The predicted octanol–water partition coefficient (Wildman–Crippen LogP) is 2.67. The van der Waals surface area contributed by atoms with Crippen LogP contribution in [-0.2, 0) is 4.74 Å². The zero-order chi connectivity index (χ0) is 12.2. The lowest BCUT2D eigenvalue weighted by atomic mass is 10.1. The number of rotatable bonds is 4. The van der Waals surface area contributed by atoms with E-state index in [0.29, 0.717) is 6.10 Å². The first-order chi connectivity index (χ1) is 8.92. The van der Waals surface area contributed by atoms with E-state index in [4.69, 9.17) is 4.74 Å². The average molecular weight is 243 g/mol. The summed E-state index contributed by atoms with van der Waals surface area (Å²) in [6, 6.07) is 8.35. The van der Waals surface area contributed by atoms with Crippen LogP contribution in [0.1, 0.15) is 12.8 Å². The summed E-state index contributed by atoms with van der Waals surface area (Å²) >= 11 is 0. The lowest BCUT2D eigenvalue weighted by Crippen LogP contribution is -2.18. The van der Waals surface area contributed by atoms with Crippen LogP contribution in [-0.4, -0.2) is 29.2 Å². The number of ether oxygens (including phenoxy) is 1. The first-order valence-corrected chi connectivity index (χ1v) is 6.36. The molecule has 1 aromatic carbocycles. The molecule has 18 heavy (non-hydrogen) atoms. The number of nitrogens with zero attached hydrogens (tertiary/aromatic N) is 1. The fraction of sp³-hybridized carbons (Fsp3) is 0.357. The molecule has 2 aromatic rings. The van der Waals surface area contributed by atoms with Gasteiger partial charge in [-0.1, -0.05) is 12.1 Å². The molecule has 0 saturated carbocycles. The smallest absolute Gasteiger partial charge is 0.0924 e. The Hall–Kier alpha value is -1.81. The summed E-state index contributed by atoms with van der Waals surface area (Å²) < 4.78 is 5.58. The molecule has 4 heteroatoms. The molecule has 2 heterocycles. The highest BCUT2D eigenvalue weighted by molar-refractivity contribution is 5.61. The number of aromatic amines is 1. The largest absolute Gasteiger partial charge is 0.382 e. The Labute approximate surface area is 106 Å². The van der Waals surface area contributed by atoms with Gasteiger partial charge in [-0.15, -0.1) is 0 Å². The van der Waals surface area contributed by atoms with Crippen LogP contribution in [0.3, 0.4) is 0 Å². The van der Waals surface area contributed by atoms with Gasteiger partial charge in [-0.05, 0) is 30.5 Å². The first kappa shape index (κ1) is 11.3. The van der Waals surface area contributed by atoms with Crippen molar-refractivity contribution in [2.24, 2.45) is 0 Å². The van der Waals surface area contributed by atoms with Crippen LogP contribution in [0.4, 0.5) is 5.69 Å². The van der Waals surface area contributed by atoms with Gasteiger partial charge >= 0.3 is 0 Å². The van der Waals surface area contributed by atoms with E-state index in [-0.39, 0.29) is 0 Å². The summed E-state index contributed by atoms with van der Waals surface area (Å²) in [6.45, 7) is 1.80. The Kier molecular flexibility index (Phi) is 3.28. The number of benzene rings is 1. The highest BCUT2D eigenvalue weighted by Crippen LogP contribution is 2.19. The number of nitrogens with one attached hydrogen (secondary N) is 2. The Bertz CT molecular complexity index is 472. The van der Waals surface area contributed by atoms with Crippen LogP contribution in [0.25, 0.3) is 11.3 Å². The maximum absolute atomic E-state index is 5.58. The van der Waals surface area contributed by atoms with Gasteiger partial charge in [0.05, 0.1) is 24.3 Å². The van der Waals surface area contributed by atoms with Crippen molar-refractivity contribution < 1.29 is 4.74 Å². The highest BCUT2D eigenvalue weighted by Gasteiger charge is 2.14. The number of imidazole rings is 1. The molecule has 1 saturated heterocycles. The van der Waals surface area contributed by atoms with Crippen LogP contribution >= 0.6 is 0 Å². The molecule has 1 fully saturated rings. The zero-order valence-electron chi connectivity index (χ0n) is 10.2. The van der Waals surface area contributed by atoms with E-state index in [9.17, 15) is 0 Å². The standard InChI is InChI=1S/C14H17N3O/c1-2-13(18-7-1)8-16-12-5-3-11(4-6-12)14-9-15-10-17-14/h3-6,9-10,13,16H,1-2,7-8H2,(H,15,17). The van der Waals surface area contributed by atoms with Crippen LogP contribution < -0.4 is 5.32 Å². The van der Waals surface area contributed by atoms with Gasteiger partial charge in [0.15, 0.2) is 0 Å². The van der Waals surface area contributed by atoms with Gasteiger partial charge in [-0.2, -0.15) is 0 Å². The lowest BCUT2D eigenvalue weighted by Gasteiger charge is -2.12. The summed E-state index contributed by atoms with van der Waals surface area (Å²) in [6.07, 6.45) is 6.25. The van der Waals surface area contributed by atoms with Gasteiger partial charge in [-0.3, -0.25) is 0 Å². The van der Waals surface area contributed by atoms with Crippen LogP contribution in [0.15, 0.2) is 36.8 Å². The second kappa shape index (κ2) is 5.23. The van der Waals surface area contributed by atoms with Gasteiger partial charge < -0.3 is 15.0 Å². The Morgan fingerprint density at radius 2 is 2.22 bits per heavy atom. The van der Waals surface area contributed by atoms with Gasteiger partial charge in [0.1, 0.15) is 0 Å². The molecule has 0 aliphatic carbocycles. The lowest BCUT2D eigenvalue weighted by molar-refractivity contribution is 0.120. The maximum Gasteiger partial charge on any atom is 0.0924 e. The van der Waals surface area contributed by atoms with Crippen molar-refractivity contribution in [1.29, 1.82) is 0 Å². The molecule has 0 amide bonds. The number of anilines is 1. The molecular formula is C14H17N3O. The predicted molar refractivity (Wildman–Crippen MR) is 71.5 cm³/mol. The monoisotopic (exact) mass is 243 g/mol. The first-order valence-electron chi connectivity index (χ1n) is 6.36. The Morgan fingerprint density at radius 3 is 2.89 bits per heavy atom. The molecule has 0 radical (unpaired) electrons. The molecule has 2 N–H and O–H groups in total. The van der Waals surface area contributed by atoms with Crippen molar-refractivity contribution in [3.05, 3.63) is 36.8 Å².